The van der Waals surface area contributed by atoms with E-state index >= 15 is 0 Å². The van der Waals surface area contributed by atoms with Crippen molar-refractivity contribution in [3.63, 3.8) is 0 Å². The molecule has 0 aliphatic heterocycles. The third kappa shape index (κ3) is 3.32. The van der Waals surface area contributed by atoms with E-state index in [0.717, 1.165) is 11.1 Å². The summed E-state index contributed by atoms with van der Waals surface area (Å²) in [5, 5.41) is 13.3. The SMILES string of the molecule is COC(=O)c1c(-c2ccc(C)cc2)csc1NC(=O)CC#N. The number of carbonyl (C=O) groups excluding carboxylic acids is 2. The predicted molar refractivity (Wildman–Crippen MR) is 84.7 cm³/mol. The minimum Gasteiger partial charge on any atom is -0.465 e. The number of nitrogens with one attached hydrogen (secondary N) is 1. The zero-order valence-corrected chi connectivity index (χ0v) is 13.0. The summed E-state index contributed by atoms with van der Waals surface area (Å²) in [5.41, 5.74) is 2.98. The number of hydrogen-bond acceptors (Lipinski definition) is 5. The summed E-state index contributed by atoms with van der Waals surface area (Å²) >= 11 is 1.23. The molecule has 0 bridgehead atoms. The van der Waals surface area contributed by atoms with Crippen LogP contribution in [0.4, 0.5) is 5.00 Å². The Morgan fingerprint density at radius 1 is 1.32 bits per heavy atom. The standard InChI is InChI=1S/C16H14N2O3S/c1-10-3-5-11(6-4-10)12-9-22-15(14(12)16(20)21-2)18-13(19)7-8-17/h3-6,9H,7H2,1-2H3,(H,18,19). The van der Waals surface area contributed by atoms with Crippen LogP contribution in [0.25, 0.3) is 11.1 Å². The van der Waals surface area contributed by atoms with Gasteiger partial charge in [-0.25, -0.2) is 4.79 Å². The van der Waals surface area contributed by atoms with Crippen LogP contribution in [-0.2, 0) is 9.53 Å². The fourth-order valence-corrected chi connectivity index (χ4v) is 2.92. The predicted octanol–water partition coefficient (Wildman–Crippen LogP) is 3.36. The first-order chi connectivity index (χ1) is 10.6. The molecule has 0 saturated carbocycles. The molecule has 2 aromatic rings. The van der Waals surface area contributed by atoms with E-state index in [-0.39, 0.29) is 6.42 Å². The molecule has 0 saturated heterocycles. The molecule has 1 aromatic heterocycles. The van der Waals surface area contributed by atoms with Gasteiger partial charge < -0.3 is 10.1 Å². The number of nitriles is 1. The summed E-state index contributed by atoms with van der Waals surface area (Å²) in [6.07, 6.45) is -0.265. The van der Waals surface area contributed by atoms with Gasteiger partial charge in [-0.2, -0.15) is 5.26 Å². The normalized spacial score (nSPS) is 9.86. The number of anilines is 1. The number of methoxy groups -OCH3 is 1. The molecule has 0 aliphatic carbocycles. The van der Waals surface area contributed by atoms with E-state index < -0.39 is 11.9 Å². The van der Waals surface area contributed by atoms with E-state index in [1.54, 1.807) is 11.4 Å². The van der Waals surface area contributed by atoms with Gasteiger partial charge in [-0.15, -0.1) is 11.3 Å². The Labute approximate surface area is 132 Å². The molecule has 5 nitrogen and oxygen atoms in total. The van der Waals surface area contributed by atoms with Crippen molar-refractivity contribution >= 4 is 28.2 Å². The van der Waals surface area contributed by atoms with Gasteiger partial charge in [0.05, 0.1) is 13.2 Å². The van der Waals surface area contributed by atoms with Crippen LogP contribution < -0.4 is 5.32 Å². The van der Waals surface area contributed by atoms with Crippen molar-refractivity contribution in [3.8, 4) is 17.2 Å². The minimum absolute atomic E-state index is 0.265. The van der Waals surface area contributed by atoms with Crippen molar-refractivity contribution in [2.75, 3.05) is 12.4 Å². The van der Waals surface area contributed by atoms with E-state index in [2.05, 4.69) is 5.32 Å². The first-order valence-electron chi connectivity index (χ1n) is 6.50. The number of ether oxygens (including phenoxy) is 1. The molecule has 1 aromatic carbocycles. The Kier molecular flexibility index (Phi) is 4.92. The van der Waals surface area contributed by atoms with Crippen molar-refractivity contribution in [2.45, 2.75) is 13.3 Å². The van der Waals surface area contributed by atoms with E-state index in [4.69, 9.17) is 10.00 Å². The summed E-state index contributed by atoms with van der Waals surface area (Å²) in [6, 6.07) is 9.48. The molecule has 1 heterocycles. The van der Waals surface area contributed by atoms with Gasteiger partial charge in [0, 0.05) is 10.9 Å². The fourth-order valence-electron chi connectivity index (χ4n) is 1.94. The topological polar surface area (TPSA) is 79.2 Å². The van der Waals surface area contributed by atoms with Crippen LogP contribution in [0, 0.1) is 18.3 Å². The van der Waals surface area contributed by atoms with Crippen LogP contribution in [0.3, 0.4) is 0 Å². The van der Waals surface area contributed by atoms with E-state index in [9.17, 15) is 9.59 Å². The number of amides is 1. The monoisotopic (exact) mass is 314 g/mol. The number of benzene rings is 1. The maximum absolute atomic E-state index is 12.1. The average Bonchev–Trinajstić information content (AvgIpc) is 2.91. The Morgan fingerprint density at radius 3 is 2.59 bits per heavy atom. The zero-order chi connectivity index (χ0) is 16.1. The Balaban J connectivity index is 2.45. The molecular weight excluding hydrogens is 300 g/mol. The molecule has 1 N–H and O–H groups in total. The molecule has 0 radical (unpaired) electrons. The first-order valence-corrected chi connectivity index (χ1v) is 7.38. The summed E-state index contributed by atoms with van der Waals surface area (Å²) in [6.45, 7) is 1.98. The molecular formula is C16H14N2O3S. The quantitative estimate of drug-likeness (QED) is 0.878. The molecule has 0 atom stereocenters. The van der Waals surface area contributed by atoms with Crippen LogP contribution >= 0.6 is 11.3 Å². The number of nitrogens with zero attached hydrogens (tertiary/aromatic N) is 1. The molecule has 6 heteroatoms. The molecule has 1 amide bonds. The third-order valence-corrected chi connectivity index (χ3v) is 3.93. The van der Waals surface area contributed by atoms with E-state index in [0.29, 0.717) is 16.1 Å². The highest BCUT2D eigenvalue weighted by atomic mass is 32.1. The molecule has 0 spiro atoms. The van der Waals surface area contributed by atoms with Gasteiger partial charge in [0.25, 0.3) is 0 Å². The number of rotatable bonds is 4. The molecule has 22 heavy (non-hydrogen) atoms. The van der Waals surface area contributed by atoms with E-state index in [1.165, 1.54) is 18.4 Å². The summed E-state index contributed by atoms with van der Waals surface area (Å²) < 4.78 is 4.81. The van der Waals surface area contributed by atoms with E-state index in [1.807, 2.05) is 31.2 Å². The lowest BCUT2D eigenvalue weighted by atomic mass is 10.0. The minimum atomic E-state index is -0.524. The summed E-state index contributed by atoms with van der Waals surface area (Å²) in [5.74, 6) is -0.978. The Hall–Kier alpha value is -2.65. The van der Waals surface area contributed by atoms with Gasteiger partial charge in [0.1, 0.15) is 17.0 Å². The Morgan fingerprint density at radius 2 is 2.00 bits per heavy atom. The lowest BCUT2D eigenvalue weighted by Gasteiger charge is -2.07. The van der Waals surface area contributed by atoms with Crippen molar-refractivity contribution in [3.05, 3.63) is 40.8 Å². The maximum Gasteiger partial charge on any atom is 0.341 e. The van der Waals surface area contributed by atoms with Gasteiger partial charge in [-0.1, -0.05) is 29.8 Å². The number of esters is 1. The lowest BCUT2D eigenvalue weighted by molar-refractivity contribution is -0.115. The van der Waals surface area contributed by atoms with Gasteiger partial charge in [0.2, 0.25) is 5.91 Å². The van der Waals surface area contributed by atoms with Gasteiger partial charge in [-0.05, 0) is 12.5 Å². The van der Waals surface area contributed by atoms with Crippen LogP contribution in [-0.4, -0.2) is 19.0 Å². The smallest absolute Gasteiger partial charge is 0.341 e. The third-order valence-electron chi connectivity index (χ3n) is 3.04. The summed E-state index contributed by atoms with van der Waals surface area (Å²) in [4.78, 5) is 23.7. The largest absolute Gasteiger partial charge is 0.465 e. The van der Waals surface area contributed by atoms with Gasteiger partial charge in [0.15, 0.2) is 0 Å². The van der Waals surface area contributed by atoms with Crippen LogP contribution in [0.1, 0.15) is 22.3 Å². The fraction of sp³-hybridized carbons (Fsp3) is 0.188. The lowest BCUT2D eigenvalue weighted by Crippen LogP contribution is -2.13. The van der Waals surface area contributed by atoms with Crippen molar-refractivity contribution in [2.24, 2.45) is 0 Å². The van der Waals surface area contributed by atoms with Crippen LogP contribution in [0.2, 0.25) is 0 Å². The van der Waals surface area contributed by atoms with Gasteiger partial charge >= 0.3 is 5.97 Å². The van der Waals surface area contributed by atoms with Crippen LogP contribution in [0.15, 0.2) is 29.6 Å². The number of thiophene rings is 1. The number of aryl methyl sites for hydroxylation is 1. The number of hydrogen-bond donors (Lipinski definition) is 1. The highest BCUT2D eigenvalue weighted by Crippen LogP contribution is 2.36. The second-order valence-electron chi connectivity index (χ2n) is 4.59. The highest BCUT2D eigenvalue weighted by Gasteiger charge is 2.22. The number of carbonyl (C=O) groups is 2. The summed E-state index contributed by atoms with van der Waals surface area (Å²) in [7, 11) is 1.29. The van der Waals surface area contributed by atoms with Crippen LogP contribution in [0.5, 0.6) is 0 Å². The van der Waals surface area contributed by atoms with Crippen molar-refractivity contribution < 1.29 is 14.3 Å². The first kappa shape index (κ1) is 15.7. The Bertz CT molecular complexity index is 742. The van der Waals surface area contributed by atoms with Crippen molar-refractivity contribution in [1.82, 2.24) is 0 Å². The second kappa shape index (κ2) is 6.87. The maximum atomic E-state index is 12.1. The average molecular weight is 314 g/mol. The highest BCUT2D eigenvalue weighted by molar-refractivity contribution is 7.15. The molecule has 112 valence electrons. The zero-order valence-electron chi connectivity index (χ0n) is 12.2. The second-order valence-corrected chi connectivity index (χ2v) is 5.47. The van der Waals surface area contributed by atoms with Gasteiger partial charge in [-0.3, -0.25) is 4.79 Å². The molecule has 0 fully saturated rings. The molecule has 0 aliphatic rings. The molecule has 2 rings (SSSR count). The molecule has 0 unspecified atom stereocenters. The van der Waals surface area contributed by atoms with Crippen molar-refractivity contribution in [1.29, 1.82) is 5.26 Å².